The quantitative estimate of drug-likeness (QED) is 0.562. The lowest BCUT2D eigenvalue weighted by Crippen LogP contribution is -2.32. The number of carbonyl (C=O) groups is 2. The van der Waals surface area contributed by atoms with Crippen LogP contribution in [0, 0.1) is 0 Å². The third-order valence-corrected chi connectivity index (χ3v) is 3.52. The van der Waals surface area contributed by atoms with E-state index in [-0.39, 0.29) is 0 Å². The molecule has 1 aromatic rings. The second-order valence-corrected chi connectivity index (χ2v) is 5.32. The van der Waals surface area contributed by atoms with Crippen LogP contribution in [0.15, 0.2) is 22.7 Å². The highest BCUT2D eigenvalue weighted by Gasteiger charge is 2.35. The van der Waals surface area contributed by atoms with Crippen molar-refractivity contribution in [3.05, 3.63) is 28.2 Å². The smallest absolute Gasteiger partial charge is 0.299 e. The molecule has 0 saturated heterocycles. The second kappa shape index (κ2) is 6.97. The molecule has 6 heteroatoms. The Kier molecular flexibility index (Phi) is 5.28. The number of carbonyl (C=O) groups excluding carboxylic acids is 2. The molecule has 0 atom stereocenters. The van der Waals surface area contributed by atoms with Gasteiger partial charge in [-0.15, -0.1) is 0 Å². The van der Waals surface area contributed by atoms with Crippen molar-refractivity contribution in [3.8, 4) is 0 Å². The van der Waals surface area contributed by atoms with Crippen molar-refractivity contribution in [2.45, 2.75) is 6.42 Å². The van der Waals surface area contributed by atoms with E-state index in [4.69, 9.17) is 9.47 Å². The van der Waals surface area contributed by atoms with E-state index in [2.05, 4.69) is 15.9 Å². The average molecular weight is 342 g/mol. The topological polar surface area (TPSA) is 55.8 Å². The summed E-state index contributed by atoms with van der Waals surface area (Å²) in [6.07, 6.45) is 0.812. The van der Waals surface area contributed by atoms with Gasteiger partial charge in [-0.3, -0.25) is 9.59 Å². The van der Waals surface area contributed by atoms with Gasteiger partial charge in [0.25, 0.3) is 11.7 Å². The molecule has 1 aliphatic rings. The van der Waals surface area contributed by atoms with E-state index in [0.717, 1.165) is 10.9 Å². The Hall–Kier alpha value is -1.24. The SMILES string of the molecule is COCCCOCCN1C(=O)C(=O)c2cc(Br)ccc21. The van der Waals surface area contributed by atoms with Crippen LogP contribution in [0.2, 0.25) is 0 Å². The van der Waals surface area contributed by atoms with Crippen molar-refractivity contribution in [2.75, 3.05) is 38.4 Å². The molecule has 1 amide bonds. The maximum atomic E-state index is 11.9. The number of halogens is 1. The fourth-order valence-electron chi connectivity index (χ4n) is 2.06. The van der Waals surface area contributed by atoms with Gasteiger partial charge in [0.05, 0.1) is 17.9 Å². The van der Waals surface area contributed by atoms with E-state index in [9.17, 15) is 9.59 Å². The van der Waals surface area contributed by atoms with Gasteiger partial charge in [-0.25, -0.2) is 0 Å². The van der Waals surface area contributed by atoms with E-state index in [0.29, 0.717) is 37.6 Å². The molecule has 1 aromatic carbocycles. The Bertz CT molecular complexity index is 518. The van der Waals surface area contributed by atoms with Gasteiger partial charge in [-0.2, -0.15) is 0 Å². The average Bonchev–Trinajstić information content (AvgIpc) is 2.67. The highest BCUT2D eigenvalue weighted by Crippen LogP contribution is 2.30. The molecular formula is C14H16BrNO4. The Morgan fingerprint density at radius 3 is 2.75 bits per heavy atom. The van der Waals surface area contributed by atoms with Crippen LogP contribution >= 0.6 is 15.9 Å². The first-order valence-electron chi connectivity index (χ1n) is 6.37. The number of methoxy groups -OCH3 is 1. The van der Waals surface area contributed by atoms with Gasteiger partial charge in [0.1, 0.15) is 0 Å². The maximum Gasteiger partial charge on any atom is 0.299 e. The lowest BCUT2D eigenvalue weighted by Gasteiger charge is -2.16. The number of fused-ring (bicyclic) bond motifs is 1. The lowest BCUT2D eigenvalue weighted by atomic mass is 10.1. The standard InChI is InChI=1S/C14H16BrNO4/c1-19-6-2-7-20-8-5-16-12-4-3-10(15)9-11(12)13(17)14(16)18/h3-4,9H,2,5-8H2,1H3. The van der Waals surface area contributed by atoms with Gasteiger partial charge >= 0.3 is 0 Å². The van der Waals surface area contributed by atoms with E-state index in [1.54, 1.807) is 19.2 Å². The van der Waals surface area contributed by atoms with E-state index < -0.39 is 11.7 Å². The Balaban J connectivity index is 1.93. The van der Waals surface area contributed by atoms with Gasteiger partial charge in [-0.05, 0) is 24.6 Å². The van der Waals surface area contributed by atoms with Gasteiger partial charge in [0.15, 0.2) is 0 Å². The molecule has 108 valence electrons. The normalized spacial score (nSPS) is 14.0. The fourth-order valence-corrected chi connectivity index (χ4v) is 2.42. The van der Waals surface area contributed by atoms with Crippen molar-refractivity contribution in [1.29, 1.82) is 0 Å². The molecule has 0 unspecified atom stereocenters. The van der Waals surface area contributed by atoms with Crippen molar-refractivity contribution in [1.82, 2.24) is 0 Å². The number of ether oxygens (including phenoxy) is 2. The predicted molar refractivity (Wildman–Crippen MR) is 78.1 cm³/mol. The van der Waals surface area contributed by atoms with Gasteiger partial charge in [0, 0.05) is 31.3 Å². The minimum absolute atomic E-state index is 0.381. The predicted octanol–water partition coefficient (Wildman–Crippen LogP) is 2.03. The monoisotopic (exact) mass is 341 g/mol. The highest BCUT2D eigenvalue weighted by molar-refractivity contribution is 9.10. The first kappa shape index (κ1) is 15.2. The molecule has 0 N–H and O–H groups in total. The van der Waals surface area contributed by atoms with Gasteiger partial charge < -0.3 is 14.4 Å². The molecule has 0 aromatic heterocycles. The summed E-state index contributed by atoms with van der Waals surface area (Å²) in [7, 11) is 1.64. The Labute approximate surface area is 126 Å². The van der Waals surface area contributed by atoms with Gasteiger partial charge in [0.2, 0.25) is 0 Å². The number of hydrogen-bond donors (Lipinski definition) is 0. The molecule has 0 radical (unpaired) electrons. The van der Waals surface area contributed by atoms with E-state index >= 15 is 0 Å². The molecular weight excluding hydrogens is 326 g/mol. The number of nitrogens with zero attached hydrogens (tertiary/aromatic N) is 1. The number of Topliss-reactive ketones (excluding diaryl/α,β-unsaturated/α-hetero) is 1. The van der Waals surface area contributed by atoms with Gasteiger partial charge in [-0.1, -0.05) is 15.9 Å². The number of amides is 1. The van der Waals surface area contributed by atoms with Crippen LogP contribution < -0.4 is 4.90 Å². The van der Waals surface area contributed by atoms with E-state index in [1.807, 2.05) is 6.07 Å². The summed E-state index contributed by atoms with van der Waals surface area (Å²) in [6.45, 7) is 2.01. The molecule has 5 nitrogen and oxygen atoms in total. The molecule has 0 aliphatic carbocycles. The molecule has 0 spiro atoms. The first-order chi connectivity index (χ1) is 9.65. The van der Waals surface area contributed by atoms with Crippen LogP contribution in [-0.2, 0) is 14.3 Å². The highest BCUT2D eigenvalue weighted by atomic mass is 79.9. The van der Waals surface area contributed by atoms with Crippen molar-refractivity contribution < 1.29 is 19.1 Å². The second-order valence-electron chi connectivity index (χ2n) is 4.41. The molecule has 0 bridgehead atoms. The van der Waals surface area contributed by atoms with Crippen LogP contribution in [0.25, 0.3) is 0 Å². The first-order valence-corrected chi connectivity index (χ1v) is 7.17. The van der Waals surface area contributed by atoms with Crippen molar-refractivity contribution in [2.24, 2.45) is 0 Å². The molecule has 0 fully saturated rings. The summed E-state index contributed by atoms with van der Waals surface area (Å²) < 4.78 is 11.1. The zero-order valence-corrected chi connectivity index (χ0v) is 12.8. The number of ketones is 1. The Morgan fingerprint density at radius 1 is 1.20 bits per heavy atom. The number of anilines is 1. The minimum atomic E-state index is -0.487. The number of benzene rings is 1. The Morgan fingerprint density at radius 2 is 2.00 bits per heavy atom. The van der Waals surface area contributed by atoms with Crippen LogP contribution in [-0.4, -0.2) is 45.2 Å². The van der Waals surface area contributed by atoms with Crippen LogP contribution in [0.4, 0.5) is 5.69 Å². The lowest BCUT2D eigenvalue weighted by molar-refractivity contribution is -0.114. The number of rotatable bonds is 7. The third kappa shape index (κ3) is 3.26. The molecule has 20 heavy (non-hydrogen) atoms. The molecule has 1 heterocycles. The zero-order valence-electron chi connectivity index (χ0n) is 11.2. The van der Waals surface area contributed by atoms with Crippen LogP contribution in [0.1, 0.15) is 16.8 Å². The summed E-state index contributed by atoms with van der Waals surface area (Å²) in [5, 5.41) is 0. The largest absolute Gasteiger partial charge is 0.385 e. The summed E-state index contributed by atoms with van der Waals surface area (Å²) in [6, 6.07) is 5.26. The zero-order chi connectivity index (χ0) is 14.5. The van der Waals surface area contributed by atoms with Crippen LogP contribution in [0.3, 0.4) is 0 Å². The number of hydrogen-bond acceptors (Lipinski definition) is 4. The summed E-state index contributed by atoms with van der Waals surface area (Å²) in [5.41, 5.74) is 1.10. The molecule has 1 aliphatic heterocycles. The van der Waals surface area contributed by atoms with E-state index in [1.165, 1.54) is 4.90 Å². The van der Waals surface area contributed by atoms with Crippen molar-refractivity contribution in [3.63, 3.8) is 0 Å². The summed E-state index contributed by atoms with van der Waals surface area (Å²) >= 11 is 3.30. The summed E-state index contributed by atoms with van der Waals surface area (Å²) in [5.74, 6) is -0.945. The summed E-state index contributed by atoms with van der Waals surface area (Å²) in [4.78, 5) is 25.3. The fraction of sp³-hybridized carbons (Fsp3) is 0.429. The molecule has 2 rings (SSSR count). The minimum Gasteiger partial charge on any atom is -0.385 e. The molecule has 0 saturated carbocycles. The third-order valence-electron chi connectivity index (χ3n) is 3.03. The van der Waals surface area contributed by atoms with Crippen LogP contribution in [0.5, 0.6) is 0 Å². The maximum absolute atomic E-state index is 11.9. The van der Waals surface area contributed by atoms with Crippen molar-refractivity contribution >= 4 is 33.3 Å².